The number of aliphatic hydroxyl groups is 1. The van der Waals surface area contributed by atoms with Crippen molar-refractivity contribution in [1.29, 1.82) is 0 Å². The lowest BCUT2D eigenvalue weighted by molar-refractivity contribution is 0.186. The van der Waals surface area contributed by atoms with Gasteiger partial charge in [-0.15, -0.1) is 11.3 Å². The highest BCUT2D eigenvalue weighted by atomic mass is 35.5. The van der Waals surface area contributed by atoms with Crippen molar-refractivity contribution < 1.29 is 13.5 Å². The van der Waals surface area contributed by atoms with Crippen molar-refractivity contribution in [1.82, 2.24) is 4.72 Å². The number of thiophene rings is 1. The number of rotatable bonds is 5. The third-order valence-corrected chi connectivity index (χ3v) is 5.36. The van der Waals surface area contributed by atoms with E-state index in [1.165, 1.54) is 23.5 Å². The van der Waals surface area contributed by atoms with Gasteiger partial charge in [-0.25, -0.2) is 13.1 Å². The number of halogens is 1. The van der Waals surface area contributed by atoms with Crippen molar-refractivity contribution in [2.24, 2.45) is 0 Å². The van der Waals surface area contributed by atoms with Crippen molar-refractivity contribution in [3.05, 3.63) is 51.7 Å². The summed E-state index contributed by atoms with van der Waals surface area (Å²) in [5.74, 6) is 0. The van der Waals surface area contributed by atoms with Crippen LogP contribution in [0.15, 0.2) is 46.7 Å². The zero-order valence-electron chi connectivity index (χ0n) is 9.78. The molecule has 1 atom stereocenters. The molecule has 0 unspecified atom stereocenters. The van der Waals surface area contributed by atoms with Gasteiger partial charge in [0.25, 0.3) is 0 Å². The molecule has 7 heteroatoms. The molecule has 0 aliphatic heterocycles. The largest absolute Gasteiger partial charge is 0.386 e. The second kappa shape index (κ2) is 6.02. The zero-order chi connectivity index (χ0) is 13.9. The van der Waals surface area contributed by atoms with Crippen LogP contribution in [0.5, 0.6) is 0 Å². The molecule has 1 aromatic heterocycles. The summed E-state index contributed by atoms with van der Waals surface area (Å²) < 4.78 is 26.4. The molecule has 0 aliphatic carbocycles. The Morgan fingerprint density at radius 2 is 2.00 bits per heavy atom. The Bertz CT molecular complexity index is 641. The SMILES string of the molecule is O=S(=O)(NC[C@@H](O)c1cccs1)c1ccccc1Cl. The Morgan fingerprint density at radius 3 is 2.63 bits per heavy atom. The van der Waals surface area contributed by atoms with Crippen molar-refractivity contribution in [3.8, 4) is 0 Å². The zero-order valence-corrected chi connectivity index (χ0v) is 12.2. The predicted octanol–water partition coefficient (Wildman–Crippen LogP) is 2.41. The van der Waals surface area contributed by atoms with Gasteiger partial charge in [-0.3, -0.25) is 0 Å². The maximum absolute atomic E-state index is 12.0. The normalized spacial score (nSPS) is 13.4. The molecule has 0 aliphatic rings. The summed E-state index contributed by atoms with van der Waals surface area (Å²) >= 11 is 7.21. The van der Waals surface area contributed by atoms with Gasteiger partial charge in [0.1, 0.15) is 11.0 Å². The summed E-state index contributed by atoms with van der Waals surface area (Å²) in [6, 6.07) is 9.72. The Balaban J connectivity index is 2.09. The highest BCUT2D eigenvalue weighted by Gasteiger charge is 2.19. The molecule has 0 saturated heterocycles. The first-order valence-corrected chi connectivity index (χ1v) is 8.20. The molecular weight excluding hydrogens is 306 g/mol. The minimum atomic E-state index is -3.71. The molecule has 0 radical (unpaired) electrons. The van der Waals surface area contributed by atoms with E-state index in [-0.39, 0.29) is 16.5 Å². The van der Waals surface area contributed by atoms with E-state index < -0.39 is 16.1 Å². The van der Waals surface area contributed by atoms with Crippen LogP contribution >= 0.6 is 22.9 Å². The smallest absolute Gasteiger partial charge is 0.242 e. The lowest BCUT2D eigenvalue weighted by Gasteiger charge is -2.11. The van der Waals surface area contributed by atoms with Crippen LogP contribution < -0.4 is 4.72 Å². The first kappa shape index (κ1) is 14.5. The number of nitrogens with one attached hydrogen (secondary N) is 1. The van der Waals surface area contributed by atoms with Gasteiger partial charge in [0.2, 0.25) is 10.0 Å². The average Bonchev–Trinajstić information content (AvgIpc) is 2.90. The summed E-state index contributed by atoms with van der Waals surface area (Å²) in [6.45, 7) is -0.0892. The number of hydrogen-bond acceptors (Lipinski definition) is 4. The van der Waals surface area contributed by atoms with Crippen LogP contribution in [0.2, 0.25) is 5.02 Å². The van der Waals surface area contributed by atoms with Crippen molar-refractivity contribution in [2.75, 3.05) is 6.54 Å². The van der Waals surface area contributed by atoms with Crippen molar-refractivity contribution in [3.63, 3.8) is 0 Å². The summed E-state index contributed by atoms with van der Waals surface area (Å²) in [5.41, 5.74) is 0. The van der Waals surface area contributed by atoms with E-state index in [1.54, 1.807) is 24.3 Å². The van der Waals surface area contributed by atoms with Crippen LogP contribution in [0, 0.1) is 0 Å². The third kappa shape index (κ3) is 3.55. The number of hydrogen-bond donors (Lipinski definition) is 2. The standard InChI is InChI=1S/C12H12ClNO3S2/c13-9-4-1-2-6-12(9)19(16,17)14-8-10(15)11-5-3-7-18-11/h1-7,10,14-15H,8H2/t10-/m1/s1. The molecule has 2 rings (SSSR count). The third-order valence-electron chi connectivity index (χ3n) is 2.46. The minimum absolute atomic E-state index is 0.00930. The van der Waals surface area contributed by atoms with Crippen LogP contribution in [0.1, 0.15) is 11.0 Å². The first-order chi connectivity index (χ1) is 9.00. The average molecular weight is 318 g/mol. The van der Waals surface area contributed by atoms with Gasteiger partial charge in [-0.05, 0) is 23.6 Å². The summed E-state index contributed by atoms with van der Waals surface area (Å²) in [7, 11) is -3.71. The molecule has 0 spiro atoms. The minimum Gasteiger partial charge on any atom is -0.386 e. The van der Waals surface area contributed by atoms with Gasteiger partial charge >= 0.3 is 0 Å². The molecule has 2 N–H and O–H groups in total. The van der Waals surface area contributed by atoms with Gasteiger partial charge in [0.05, 0.1) is 5.02 Å². The summed E-state index contributed by atoms with van der Waals surface area (Å²) in [5, 5.41) is 11.8. The monoisotopic (exact) mass is 317 g/mol. The molecule has 102 valence electrons. The molecule has 0 saturated carbocycles. The van der Waals surface area contributed by atoms with Crippen LogP contribution in [-0.2, 0) is 10.0 Å². The fourth-order valence-electron chi connectivity index (χ4n) is 1.51. The Labute approximate surface area is 120 Å². The molecule has 1 heterocycles. The molecule has 0 fully saturated rings. The van der Waals surface area contributed by atoms with Crippen LogP contribution in [0.4, 0.5) is 0 Å². The Hall–Kier alpha value is -0.920. The number of sulfonamides is 1. The molecule has 1 aromatic carbocycles. The van der Waals surface area contributed by atoms with E-state index in [0.717, 1.165) is 0 Å². The molecule has 0 amide bonds. The van der Waals surface area contributed by atoms with Gasteiger partial charge in [-0.2, -0.15) is 0 Å². The first-order valence-electron chi connectivity index (χ1n) is 5.46. The second-order valence-corrected chi connectivity index (χ2v) is 6.94. The fraction of sp³-hybridized carbons (Fsp3) is 0.167. The summed E-state index contributed by atoms with van der Waals surface area (Å²) in [4.78, 5) is 0.719. The summed E-state index contributed by atoms with van der Waals surface area (Å²) in [6.07, 6.45) is -0.864. The topological polar surface area (TPSA) is 66.4 Å². The number of aliphatic hydroxyl groups excluding tert-OH is 1. The van der Waals surface area contributed by atoms with Gasteiger partial charge < -0.3 is 5.11 Å². The second-order valence-electron chi connectivity index (χ2n) is 3.81. The maximum atomic E-state index is 12.0. The van der Waals surface area contributed by atoms with Crippen molar-refractivity contribution in [2.45, 2.75) is 11.0 Å². The fourth-order valence-corrected chi connectivity index (χ4v) is 3.78. The van der Waals surface area contributed by atoms with Crippen LogP contribution in [-0.4, -0.2) is 20.1 Å². The van der Waals surface area contributed by atoms with Gasteiger partial charge in [0.15, 0.2) is 0 Å². The molecule has 19 heavy (non-hydrogen) atoms. The van der Waals surface area contributed by atoms with E-state index in [0.29, 0.717) is 4.88 Å². The molecule has 4 nitrogen and oxygen atoms in total. The Kier molecular flexibility index (Phi) is 4.59. The van der Waals surface area contributed by atoms with E-state index in [1.807, 2.05) is 5.38 Å². The van der Waals surface area contributed by atoms with Crippen LogP contribution in [0.25, 0.3) is 0 Å². The van der Waals surface area contributed by atoms with Gasteiger partial charge in [-0.1, -0.05) is 29.8 Å². The number of benzene rings is 1. The van der Waals surface area contributed by atoms with E-state index in [2.05, 4.69) is 4.72 Å². The van der Waals surface area contributed by atoms with Gasteiger partial charge in [0, 0.05) is 11.4 Å². The predicted molar refractivity (Wildman–Crippen MR) is 75.9 cm³/mol. The van der Waals surface area contributed by atoms with E-state index in [4.69, 9.17) is 11.6 Å². The molecule has 0 bridgehead atoms. The lowest BCUT2D eigenvalue weighted by Crippen LogP contribution is -2.28. The maximum Gasteiger partial charge on any atom is 0.242 e. The highest BCUT2D eigenvalue weighted by molar-refractivity contribution is 7.89. The molecule has 2 aromatic rings. The van der Waals surface area contributed by atoms with Crippen molar-refractivity contribution >= 4 is 33.0 Å². The Morgan fingerprint density at radius 1 is 1.26 bits per heavy atom. The lowest BCUT2D eigenvalue weighted by atomic mass is 10.3. The molecular formula is C12H12ClNO3S2. The quantitative estimate of drug-likeness (QED) is 0.890. The van der Waals surface area contributed by atoms with E-state index >= 15 is 0 Å². The van der Waals surface area contributed by atoms with E-state index in [9.17, 15) is 13.5 Å². The van der Waals surface area contributed by atoms with Crippen LogP contribution in [0.3, 0.4) is 0 Å². The highest BCUT2D eigenvalue weighted by Crippen LogP contribution is 2.22.